The van der Waals surface area contributed by atoms with Crippen LogP contribution in [0.15, 0.2) is 24.5 Å². The summed E-state index contributed by atoms with van der Waals surface area (Å²) in [6.45, 7) is 6.73. The van der Waals surface area contributed by atoms with E-state index in [1.165, 1.54) is 31.2 Å². The second kappa shape index (κ2) is 7.39. The van der Waals surface area contributed by atoms with E-state index in [1.54, 1.807) is 0 Å². The third-order valence-electron chi connectivity index (χ3n) is 2.98. The van der Waals surface area contributed by atoms with Crippen LogP contribution in [0, 0.1) is 0 Å². The fourth-order valence-corrected chi connectivity index (χ4v) is 1.96. The summed E-state index contributed by atoms with van der Waals surface area (Å²) in [6, 6.07) is 5.17. The molecule has 1 N–H and O–H groups in total. The quantitative estimate of drug-likeness (QED) is 0.709. The number of hydrogen-bond acceptors (Lipinski definition) is 2. The first-order chi connectivity index (χ1) is 7.74. The molecule has 2 heteroatoms. The zero-order valence-corrected chi connectivity index (χ0v) is 10.7. The van der Waals surface area contributed by atoms with E-state index in [0.29, 0.717) is 12.1 Å². The van der Waals surface area contributed by atoms with Crippen LogP contribution in [0.4, 0.5) is 0 Å². The van der Waals surface area contributed by atoms with Gasteiger partial charge in [0.2, 0.25) is 0 Å². The molecular formula is C14H24N2. The van der Waals surface area contributed by atoms with Gasteiger partial charge in [0, 0.05) is 24.5 Å². The van der Waals surface area contributed by atoms with Gasteiger partial charge in [0.1, 0.15) is 0 Å². The molecule has 1 heterocycles. The van der Waals surface area contributed by atoms with Gasteiger partial charge >= 0.3 is 0 Å². The lowest BCUT2D eigenvalue weighted by Crippen LogP contribution is -2.28. The summed E-state index contributed by atoms with van der Waals surface area (Å²) < 4.78 is 0. The van der Waals surface area contributed by atoms with Crippen molar-refractivity contribution in [3.63, 3.8) is 0 Å². The summed E-state index contributed by atoms with van der Waals surface area (Å²) in [4.78, 5) is 4.04. The highest BCUT2D eigenvalue weighted by atomic mass is 14.9. The molecule has 0 aromatic carbocycles. The first kappa shape index (κ1) is 13.2. The largest absolute Gasteiger partial charge is 0.308 e. The van der Waals surface area contributed by atoms with E-state index < -0.39 is 0 Å². The normalized spacial score (nSPS) is 14.7. The van der Waals surface area contributed by atoms with Crippen LogP contribution in [0.5, 0.6) is 0 Å². The average molecular weight is 220 g/mol. The SMILES string of the molecule is CCCCCC(C)N[C@H](C)c1ccncc1. The molecule has 2 nitrogen and oxygen atoms in total. The van der Waals surface area contributed by atoms with E-state index in [1.807, 2.05) is 12.4 Å². The van der Waals surface area contributed by atoms with Crippen LogP contribution < -0.4 is 5.32 Å². The summed E-state index contributed by atoms with van der Waals surface area (Å²) in [5.41, 5.74) is 1.32. The molecule has 90 valence electrons. The molecule has 0 bridgehead atoms. The maximum Gasteiger partial charge on any atom is 0.0295 e. The Kier molecular flexibility index (Phi) is 6.09. The summed E-state index contributed by atoms with van der Waals surface area (Å²) in [7, 11) is 0. The summed E-state index contributed by atoms with van der Waals surface area (Å²) in [5, 5.41) is 3.63. The molecule has 0 aliphatic heterocycles. The molecule has 0 saturated carbocycles. The zero-order valence-electron chi connectivity index (χ0n) is 10.7. The predicted octanol–water partition coefficient (Wildman–Crippen LogP) is 3.70. The van der Waals surface area contributed by atoms with Gasteiger partial charge in [-0.05, 0) is 38.0 Å². The van der Waals surface area contributed by atoms with Gasteiger partial charge in [-0.3, -0.25) is 4.98 Å². The van der Waals surface area contributed by atoms with Gasteiger partial charge in [-0.15, -0.1) is 0 Å². The van der Waals surface area contributed by atoms with E-state index >= 15 is 0 Å². The molecule has 0 spiro atoms. The minimum atomic E-state index is 0.416. The lowest BCUT2D eigenvalue weighted by molar-refractivity contribution is 0.440. The second-order valence-corrected chi connectivity index (χ2v) is 4.57. The van der Waals surface area contributed by atoms with E-state index in [-0.39, 0.29) is 0 Å². The molecule has 0 amide bonds. The van der Waals surface area contributed by atoms with Crippen LogP contribution in [0.2, 0.25) is 0 Å². The van der Waals surface area contributed by atoms with Crippen molar-refractivity contribution in [1.82, 2.24) is 10.3 Å². The van der Waals surface area contributed by atoms with Crippen molar-refractivity contribution >= 4 is 0 Å². The Hall–Kier alpha value is -0.890. The van der Waals surface area contributed by atoms with Gasteiger partial charge in [-0.2, -0.15) is 0 Å². The Labute approximate surface area is 99.5 Å². The van der Waals surface area contributed by atoms with Gasteiger partial charge in [-0.25, -0.2) is 0 Å². The molecule has 0 radical (unpaired) electrons. The topological polar surface area (TPSA) is 24.9 Å². The van der Waals surface area contributed by atoms with Crippen molar-refractivity contribution in [2.24, 2.45) is 0 Å². The van der Waals surface area contributed by atoms with E-state index in [0.717, 1.165) is 0 Å². The van der Waals surface area contributed by atoms with Crippen molar-refractivity contribution in [1.29, 1.82) is 0 Å². The number of rotatable bonds is 7. The number of unbranched alkanes of at least 4 members (excludes halogenated alkanes) is 2. The van der Waals surface area contributed by atoms with Gasteiger partial charge in [0.15, 0.2) is 0 Å². The number of pyridine rings is 1. The average Bonchev–Trinajstić information content (AvgIpc) is 2.30. The molecule has 0 saturated heterocycles. The Morgan fingerprint density at radius 2 is 1.88 bits per heavy atom. The Bertz CT molecular complexity index is 271. The van der Waals surface area contributed by atoms with E-state index in [4.69, 9.17) is 0 Å². The number of nitrogens with zero attached hydrogens (tertiary/aromatic N) is 1. The highest BCUT2D eigenvalue weighted by Gasteiger charge is 2.08. The van der Waals surface area contributed by atoms with Crippen molar-refractivity contribution in [3.8, 4) is 0 Å². The highest BCUT2D eigenvalue weighted by molar-refractivity contribution is 5.14. The van der Waals surface area contributed by atoms with E-state index in [9.17, 15) is 0 Å². The summed E-state index contributed by atoms with van der Waals surface area (Å²) in [5.74, 6) is 0. The summed E-state index contributed by atoms with van der Waals surface area (Å²) in [6.07, 6.45) is 8.95. The molecule has 0 aliphatic carbocycles. The predicted molar refractivity (Wildman–Crippen MR) is 69.4 cm³/mol. The maximum absolute atomic E-state index is 4.04. The van der Waals surface area contributed by atoms with Crippen molar-refractivity contribution < 1.29 is 0 Å². The van der Waals surface area contributed by atoms with Crippen LogP contribution in [-0.4, -0.2) is 11.0 Å². The fraction of sp³-hybridized carbons (Fsp3) is 0.643. The van der Waals surface area contributed by atoms with Crippen molar-refractivity contribution in [2.75, 3.05) is 0 Å². The Morgan fingerprint density at radius 3 is 2.50 bits per heavy atom. The van der Waals surface area contributed by atoms with Crippen LogP contribution in [0.1, 0.15) is 58.1 Å². The minimum absolute atomic E-state index is 0.416. The molecule has 0 aliphatic rings. The first-order valence-electron chi connectivity index (χ1n) is 6.40. The molecule has 0 fully saturated rings. The van der Waals surface area contributed by atoms with Crippen molar-refractivity contribution in [3.05, 3.63) is 30.1 Å². The van der Waals surface area contributed by atoms with Gasteiger partial charge < -0.3 is 5.32 Å². The van der Waals surface area contributed by atoms with Gasteiger partial charge in [0.05, 0.1) is 0 Å². The lowest BCUT2D eigenvalue weighted by atomic mass is 10.1. The van der Waals surface area contributed by atoms with Gasteiger partial charge in [-0.1, -0.05) is 26.2 Å². The fourth-order valence-electron chi connectivity index (χ4n) is 1.96. The van der Waals surface area contributed by atoms with Crippen LogP contribution in [0.3, 0.4) is 0 Å². The highest BCUT2D eigenvalue weighted by Crippen LogP contribution is 2.13. The first-order valence-corrected chi connectivity index (χ1v) is 6.40. The molecule has 2 atom stereocenters. The molecule has 1 aromatic heterocycles. The monoisotopic (exact) mass is 220 g/mol. The van der Waals surface area contributed by atoms with Crippen LogP contribution in [0.25, 0.3) is 0 Å². The third kappa shape index (κ3) is 4.75. The smallest absolute Gasteiger partial charge is 0.0295 e. The lowest BCUT2D eigenvalue weighted by Gasteiger charge is -2.20. The Balaban J connectivity index is 2.31. The van der Waals surface area contributed by atoms with Crippen molar-refractivity contribution in [2.45, 2.75) is 58.5 Å². The molecular weight excluding hydrogens is 196 g/mol. The zero-order chi connectivity index (χ0) is 11.8. The molecule has 1 rings (SSSR count). The Morgan fingerprint density at radius 1 is 1.19 bits per heavy atom. The number of aromatic nitrogens is 1. The van der Waals surface area contributed by atoms with E-state index in [2.05, 4.69) is 43.2 Å². The number of hydrogen-bond donors (Lipinski definition) is 1. The summed E-state index contributed by atoms with van der Waals surface area (Å²) >= 11 is 0. The molecule has 1 unspecified atom stereocenters. The molecule has 16 heavy (non-hydrogen) atoms. The van der Waals surface area contributed by atoms with Crippen LogP contribution in [-0.2, 0) is 0 Å². The number of nitrogens with one attached hydrogen (secondary N) is 1. The maximum atomic E-state index is 4.04. The minimum Gasteiger partial charge on any atom is -0.308 e. The third-order valence-corrected chi connectivity index (χ3v) is 2.98. The molecule has 1 aromatic rings. The van der Waals surface area contributed by atoms with Crippen LogP contribution >= 0.6 is 0 Å². The second-order valence-electron chi connectivity index (χ2n) is 4.57. The van der Waals surface area contributed by atoms with Gasteiger partial charge in [0.25, 0.3) is 0 Å². The standard InChI is InChI=1S/C14H24N2/c1-4-5-6-7-12(2)16-13(3)14-8-10-15-11-9-14/h8-13,16H,4-7H2,1-3H3/t12?,13-/m1/s1.